The standard InChI is InChI=1S/C13H10.C9H7.C6H7.2ClH.Zr/c1-3-7-12(8-4-1)11-13-9-5-2-6-10-13;1-2-5-9-7-3-6-8(9)4-1;1-6-4-2-3-5-6;;;/h1-10H;1-7H;2-5H,1H3;2*1H;/q;2*-1;;;+2/p-2. The Morgan fingerprint density at radius 1 is 0.677 bits per heavy atom. The van der Waals surface area contributed by atoms with E-state index in [9.17, 15) is 0 Å². The van der Waals surface area contributed by atoms with Crippen molar-refractivity contribution in [2.24, 2.45) is 0 Å². The van der Waals surface area contributed by atoms with Gasteiger partial charge in [0.05, 0.1) is 0 Å². The molecule has 0 heterocycles. The van der Waals surface area contributed by atoms with Gasteiger partial charge in [-0.05, 0) is 0 Å². The predicted molar refractivity (Wildman–Crippen MR) is 134 cm³/mol. The summed E-state index contributed by atoms with van der Waals surface area (Å²) in [6, 6.07) is 43.2. The van der Waals surface area contributed by atoms with Crippen LogP contribution >= 0.6 is 17.0 Å². The first-order valence-electron chi connectivity index (χ1n) is 10.1. The largest absolute Gasteiger partial charge is 0.168 e. The van der Waals surface area contributed by atoms with Gasteiger partial charge in [-0.15, -0.1) is 29.7 Å². The summed E-state index contributed by atoms with van der Waals surface area (Å²) >= 11 is -2.44. The molecule has 0 unspecified atom stereocenters. The number of hydrogen-bond donors (Lipinski definition) is 0. The molecule has 31 heavy (non-hydrogen) atoms. The predicted octanol–water partition coefficient (Wildman–Crippen LogP) is 8.45. The van der Waals surface area contributed by atoms with E-state index in [2.05, 4.69) is 85.8 Å². The molecule has 0 fully saturated rings. The third-order valence-corrected chi connectivity index (χ3v) is 9.28. The van der Waals surface area contributed by atoms with Gasteiger partial charge in [-0.2, -0.15) is 35.7 Å². The van der Waals surface area contributed by atoms with Crippen molar-refractivity contribution in [1.82, 2.24) is 0 Å². The summed E-state index contributed by atoms with van der Waals surface area (Å²) in [5, 5.41) is 2.66. The number of fused-ring (bicyclic) bond motifs is 1. The molecule has 3 heteroatoms. The molecule has 0 spiro atoms. The molecule has 0 amide bonds. The maximum Gasteiger partial charge on any atom is -0.0809 e. The van der Waals surface area contributed by atoms with E-state index in [0.29, 0.717) is 0 Å². The summed E-state index contributed by atoms with van der Waals surface area (Å²) in [6.45, 7) is 2.08. The SMILES string of the molecule is Cc1cc[cH-]c1.[Cl][Zr]([Cl])=[C](c1ccccc1)c1ccccc1.c1ccc2[cH-]ccc2c1. The van der Waals surface area contributed by atoms with Gasteiger partial charge in [0.2, 0.25) is 0 Å². The minimum atomic E-state index is -2.44. The molecule has 156 valence electrons. The third-order valence-electron chi connectivity index (χ3n) is 4.69. The van der Waals surface area contributed by atoms with E-state index in [4.69, 9.17) is 17.0 Å². The Bertz CT molecular complexity index is 1110. The van der Waals surface area contributed by atoms with E-state index < -0.39 is 18.9 Å². The van der Waals surface area contributed by atoms with Gasteiger partial charge in [0.1, 0.15) is 0 Å². The van der Waals surface area contributed by atoms with Crippen molar-refractivity contribution in [3.8, 4) is 0 Å². The molecule has 0 saturated carbocycles. The third kappa shape index (κ3) is 7.55. The zero-order valence-corrected chi connectivity index (χ0v) is 21.4. The van der Waals surface area contributed by atoms with E-state index in [1.165, 1.54) is 16.3 Å². The Morgan fingerprint density at radius 3 is 1.71 bits per heavy atom. The van der Waals surface area contributed by atoms with Gasteiger partial charge in [0.15, 0.2) is 0 Å². The van der Waals surface area contributed by atoms with Gasteiger partial charge in [-0.25, -0.2) is 11.6 Å². The number of rotatable bonds is 2. The molecule has 0 nitrogen and oxygen atoms in total. The Morgan fingerprint density at radius 2 is 1.26 bits per heavy atom. The van der Waals surface area contributed by atoms with Crippen LogP contribution in [0.4, 0.5) is 0 Å². The molecule has 0 aliphatic heterocycles. The van der Waals surface area contributed by atoms with Crippen molar-refractivity contribution < 1.29 is 18.9 Å². The van der Waals surface area contributed by atoms with E-state index in [0.717, 1.165) is 14.3 Å². The van der Waals surface area contributed by atoms with Gasteiger partial charge < -0.3 is 0 Å². The summed E-state index contributed by atoms with van der Waals surface area (Å²) in [5.41, 5.74) is 3.64. The van der Waals surface area contributed by atoms with Crippen LogP contribution in [0, 0.1) is 6.92 Å². The summed E-state index contributed by atoms with van der Waals surface area (Å²) in [4.78, 5) is 0. The summed E-state index contributed by atoms with van der Waals surface area (Å²) in [5.74, 6) is 0. The number of halogens is 2. The fourth-order valence-corrected chi connectivity index (χ4v) is 7.61. The van der Waals surface area contributed by atoms with Crippen LogP contribution in [0.15, 0.2) is 127 Å². The molecule has 0 N–H and O–H groups in total. The maximum atomic E-state index is 6.24. The van der Waals surface area contributed by atoms with Crippen LogP contribution < -0.4 is 0 Å². The fraction of sp³-hybridized carbons (Fsp3) is 0.0357. The molecule has 0 bridgehead atoms. The van der Waals surface area contributed by atoms with Crippen molar-refractivity contribution in [2.75, 3.05) is 0 Å². The number of hydrogen-bond acceptors (Lipinski definition) is 0. The van der Waals surface area contributed by atoms with E-state index in [1.807, 2.05) is 48.5 Å². The molecule has 5 rings (SSSR count). The second kappa shape index (κ2) is 12.7. The van der Waals surface area contributed by atoms with Crippen LogP contribution in [0.3, 0.4) is 0 Å². The van der Waals surface area contributed by atoms with Gasteiger partial charge in [-0.1, -0.05) is 13.0 Å². The first kappa shape index (κ1) is 23.6. The van der Waals surface area contributed by atoms with Crippen LogP contribution in [-0.4, -0.2) is 3.21 Å². The molecule has 5 aromatic carbocycles. The minimum Gasteiger partial charge on any atom is -0.168 e. The van der Waals surface area contributed by atoms with E-state index in [-0.39, 0.29) is 0 Å². The van der Waals surface area contributed by atoms with Crippen molar-refractivity contribution >= 4 is 31.0 Å². The number of aryl methyl sites for hydroxylation is 1. The number of benzene rings is 3. The second-order valence-electron chi connectivity index (χ2n) is 6.98. The Hall–Kier alpha value is -2.05. The Labute approximate surface area is 199 Å². The average molecular weight is 523 g/mol. The normalized spacial score (nSPS) is 9.77. The average Bonchev–Trinajstić information content (AvgIpc) is 3.47. The Balaban J connectivity index is 0.000000151. The van der Waals surface area contributed by atoms with Crippen molar-refractivity contribution in [3.63, 3.8) is 0 Å². The maximum absolute atomic E-state index is 6.24. The molecular weight excluding hydrogens is 498 g/mol. The van der Waals surface area contributed by atoms with Crippen LogP contribution in [0.2, 0.25) is 0 Å². The van der Waals surface area contributed by atoms with E-state index in [1.54, 1.807) is 0 Å². The van der Waals surface area contributed by atoms with Gasteiger partial charge >= 0.3 is 111 Å². The monoisotopic (exact) mass is 520 g/mol. The first-order valence-corrected chi connectivity index (χ1v) is 17.7. The van der Waals surface area contributed by atoms with Gasteiger partial charge in [0.25, 0.3) is 0 Å². The quantitative estimate of drug-likeness (QED) is 0.204. The van der Waals surface area contributed by atoms with Crippen molar-refractivity contribution in [2.45, 2.75) is 6.92 Å². The molecule has 0 saturated heterocycles. The van der Waals surface area contributed by atoms with Crippen molar-refractivity contribution in [3.05, 3.63) is 144 Å². The fourth-order valence-electron chi connectivity index (χ4n) is 3.13. The smallest absolute Gasteiger partial charge is 0.0809 e. The van der Waals surface area contributed by atoms with Gasteiger partial charge in [0, 0.05) is 0 Å². The summed E-state index contributed by atoms with van der Waals surface area (Å²) < 4.78 is 1.15. The molecule has 0 aliphatic rings. The zero-order chi connectivity index (χ0) is 21.9. The molecule has 5 aromatic rings. The zero-order valence-electron chi connectivity index (χ0n) is 17.4. The Kier molecular flexibility index (Phi) is 9.69. The topological polar surface area (TPSA) is 0 Å². The van der Waals surface area contributed by atoms with Crippen LogP contribution in [0.25, 0.3) is 10.8 Å². The van der Waals surface area contributed by atoms with E-state index >= 15 is 0 Å². The summed E-state index contributed by atoms with van der Waals surface area (Å²) in [7, 11) is 12.5. The second-order valence-corrected chi connectivity index (χ2v) is 15.1. The van der Waals surface area contributed by atoms with Gasteiger partial charge in [-0.3, -0.25) is 0 Å². The first-order chi connectivity index (χ1) is 15.1. The summed E-state index contributed by atoms with van der Waals surface area (Å²) in [6.07, 6.45) is 0. The molecule has 0 radical (unpaired) electrons. The van der Waals surface area contributed by atoms with Crippen LogP contribution in [-0.2, 0) is 18.9 Å². The molecule has 0 aliphatic carbocycles. The minimum absolute atomic E-state index is 1.15. The molecule has 0 atom stereocenters. The van der Waals surface area contributed by atoms with Crippen LogP contribution in [0.5, 0.6) is 0 Å². The van der Waals surface area contributed by atoms with Crippen LogP contribution in [0.1, 0.15) is 16.7 Å². The van der Waals surface area contributed by atoms with Crippen molar-refractivity contribution in [1.29, 1.82) is 0 Å². The molecule has 0 aromatic heterocycles. The molecular formula is C28H24Cl2Zr-2.